The van der Waals surface area contributed by atoms with Crippen molar-refractivity contribution in [3.63, 3.8) is 0 Å². The predicted octanol–water partition coefficient (Wildman–Crippen LogP) is 3.17. The molecule has 20 heavy (non-hydrogen) atoms. The van der Waals surface area contributed by atoms with Gasteiger partial charge in [-0.1, -0.05) is 65.8 Å². The number of aliphatic hydroxyl groups is 1. The highest BCUT2D eigenvalue weighted by Crippen LogP contribution is 2.29. The maximum Gasteiger partial charge on any atom is 0.175 e. The summed E-state index contributed by atoms with van der Waals surface area (Å²) in [6.07, 6.45) is 4.27. The number of fused-ring (bicyclic) bond motifs is 1. The normalized spacial score (nSPS) is 20.9. The lowest BCUT2D eigenvalue weighted by molar-refractivity contribution is -0.00894. The van der Waals surface area contributed by atoms with E-state index in [-0.39, 0.29) is 0 Å². The molecule has 0 aromatic heterocycles. The average molecular weight is 265 g/mol. The third kappa shape index (κ3) is 2.63. The summed E-state index contributed by atoms with van der Waals surface area (Å²) in [5.41, 5.74) is 2.85. The van der Waals surface area contributed by atoms with Crippen LogP contribution >= 0.6 is 0 Å². The van der Waals surface area contributed by atoms with Crippen LogP contribution in [0.5, 0.6) is 0 Å². The zero-order valence-corrected chi connectivity index (χ0v) is 10.9. The quantitative estimate of drug-likeness (QED) is 0.684. The molecule has 0 saturated heterocycles. The Hall–Kier alpha value is -2.39. The van der Waals surface area contributed by atoms with Crippen molar-refractivity contribution in [3.05, 3.63) is 77.4 Å². The van der Waals surface area contributed by atoms with Crippen molar-refractivity contribution in [2.24, 2.45) is 5.16 Å². The minimum Gasteiger partial charge on any atom is -0.385 e. The molecule has 2 aromatic carbocycles. The second-order valence-corrected chi connectivity index (χ2v) is 4.65. The summed E-state index contributed by atoms with van der Waals surface area (Å²) in [6.45, 7) is 0. The van der Waals surface area contributed by atoms with Gasteiger partial charge in [-0.2, -0.15) is 0 Å². The highest BCUT2D eigenvalue weighted by molar-refractivity contribution is 5.78. The van der Waals surface area contributed by atoms with Crippen LogP contribution in [0.15, 0.2) is 65.8 Å². The third-order valence-electron chi connectivity index (χ3n) is 3.28. The van der Waals surface area contributed by atoms with Crippen molar-refractivity contribution in [3.8, 4) is 0 Å². The van der Waals surface area contributed by atoms with Crippen LogP contribution in [0.25, 0.3) is 6.08 Å². The second kappa shape index (κ2) is 5.72. The Morgan fingerprint density at radius 3 is 2.60 bits per heavy atom. The highest BCUT2D eigenvalue weighted by atomic mass is 16.6. The summed E-state index contributed by atoms with van der Waals surface area (Å²) in [7, 11) is 0. The van der Waals surface area contributed by atoms with Gasteiger partial charge in [0.2, 0.25) is 0 Å². The fourth-order valence-corrected chi connectivity index (χ4v) is 2.21. The average Bonchev–Trinajstić information content (AvgIpc) is 2.51. The van der Waals surface area contributed by atoms with Gasteiger partial charge in [0, 0.05) is 0 Å². The van der Waals surface area contributed by atoms with Gasteiger partial charge in [0.15, 0.2) is 6.10 Å². The summed E-state index contributed by atoms with van der Waals surface area (Å²) < 4.78 is 0. The number of rotatable bonds is 3. The lowest BCUT2D eigenvalue weighted by atomic mass is 9.93. The maximum absolute atomic E-state index is 10.3. The third-order valence-corrected chi connectivity index (χ3v) is 3.28. The van der Waals surface area contributed by atoms with Crippen LogP contribution in [0.4, 0.5) is 0 Å². The smallest absolute Gasteiger partial charge is 0.175 e. The van der Waals surface area contributed by atoms with E-state index >= 15 is 0 Å². The molecule has 0 radical (unpaired) electrons. The molecule has 1 aliphatic carbocycles. The van der Waals surface area contributed by atoms with Crippen molar-refractivity contribution < 1.29 is 9.94 Å². The summed E-state index contributed by atoms with van der Waals surface area (Å²) >= 11 is 0. The molecule has 0 fully saturated rings. The van der Waals surface area contributed by atoms with Gasteiger partial charge in [0.05, 0.1) is 6.21 Å². The van der Waals surface area contributed by atoms with E-state index in [1.165, 1.54) is 0 Å². The minimum atomic E-state index is -0.691. The number of hydrogen-bond acceptors (Lipinski definition) is 3. The number of oxime groups is 1. The monoisotopic (exact) mass is 265 g/mol. The largest absolute Gasteiger partial charge is 0.385 e. The zero-order chi connectivity index (χ0) is 13.8. The number of benzene rings is 2. The molecular weight excluding hydrogens is 250 g/mol. The molecule has 0 amide bonds. The lowest BCUT2D eigenvalue weighted by Crippen LogP contribution is -2.21. The minimum absolute atomic E-state index is 0.454. The molecular formula is C17H15NO2. The maximum atomic E-state index is 10.3. The van der Waals surface area contributed by atoms with Crippen LogP contribution in [0.2, 0.25) is 0 Å². The SMILES string of the molecule is O[C@@H]1c2ccccc2C=C[C@@H]1O/N=C/c1ccccc1. The van der Waals surface area contributed by atoms with Crippen LogP contribution in [0, 0.1) is 0 Å². The van der Waals surface area contributed by atoms with Crippen LogP contribution in [-0.2, 0) is 4.84 Å². The first-order valence-electron chi connectivity index (χ1n) is 6.54. The molecule has 0 heterocycles. The van der Waals surface area contributed by atoms with E-state index in [2.05, 4.69) is 5.16 Å². The first-order valence-corrected chi connectivity index (χ1v) is 6.54. The first kappa shape index (κ1) is 12.6. The number of aliphatic hydroxyl groups excluding tert-OH is 1. The van der Waals surface area contributed by atoms with Crippen LogP contribution in [0.1, 0.15) is 22.8 Å². The second-order valence-electron chi connectivity index (χ2n) is 4.65. The Morgan fingerprint density at radius 1 is 1.00 bits per heavy atom. The molecule has 1 aliphatic rings. The predicted molar refractivity (Wildman–Crippen MR) is 79.3 cm³/mol. The van der Waals surface area contributed by atoms with E-state index in [9.17, 15) is 5.11 Å². The van der Waals surface area contributed by atoms with E-state index in [1.807, 2.05) is 66.7 Å². The van der Waals surface area contributed by atoms with Crippen molar-refractivity contribution in [1.29, 1.82) is 0 Å². The molecule has 0 unspecified atom stereocenters. The van der Waals surface area contributed by atoms with Gasteiger partial charge >= 0.3 is 0 Å². The Bertz CT molecular complexity index is 634. The molecule has 3 heteroatoms. The molecule has 2 aromatic rings. The summed E-state index contributed by atoms with van der Waals surface area (Å²) in [5.74, 6) is 0. The molecule has 1 N–H and O–H groups in total. The van der Waals surface area contributed by atoms with Crippen molar-refractivity contribution >= 4 is 12.3 Å². The van der Waals surface area contributed by atoms with Crippen molar-refractivity contribution in [2.45, 2.75) is 12.2 Å². The fraction of sp³-hybridized carbons (Fsp3) is 0.118. The van der Waals surface area contributed by atoms with Gasteiger partial charge in [-0.3, -0.25) is 0 Å². The van der Waals surface area contributed by atoms with Gasteiger partial charge in [0.25, 0.3) is 0 Å². The van der Waals surface area contributed by atoms with Gasteiger partial charge in [-0.05, 0) is 22.8 Å². The zero-order valence-electron chi connectivity index (χ0n) is 10.9. The molecule has 0 aliphatic heterocycles. The van der Waals surface area contributed by atoms with E-state index in [1.54, 1.807) is 6.21 Å². The number of nitrogens with zero attached hydrogens (tertiary/aromatic N) is 1. The molecule has 3 rings (SSSR count). The van der Waals surface area contributed by atoms with Crippen molar-refractivity contribution in [1.82, 2.24) is 0 Å². The van der Waals surface area contributed by atoms with Crippen LogP contribution < -0.4 is 0 Å². The Balaban J connectivity index is 1.70. The Morgan fingerprint density at radius 2 is 1.75 bits per heavy atom. The molecule has 0 spiro atoms. The molecule has 0 bridgehead atoms. The Kier molecular flexibility index (Phi) is 3.61. The van der Waals surface area contributed by atoms with Crippen LogP contribution in [0.3, 0.4) is 0 Å². The van der Waals surface area contributed by atoms with Gasteiger partial charge < -0.3 is 9.94 Å². The highest BCUT2D eigenvalue weighted by Gasteiger charge is 2.25. The van der Waals surface area contributed by atoms with Gasteiger partial charge in [-0.25, -0.2) is 0 Å². The fourth-order valence-electron chi connectivity index (χ4n) is 2.21. The van der Waals surface area contributed by atoms with E-state index in [0.29, 0.717) is 0 Å². The van der Waals surface area contributed by atoms with E-state index in [4.69, 9.17) is 4.84 Å². The van der Waals surface area contributed by atoms with E-state index < -0.39 is 12.2 Å². The summed E-state index contributed by atoms with van der Waals surface area (Å²) in [5, 5.41) is 14.2. The molecule has 0 saturated carbocycles. The lowest BCUT2D eigenvalue weighted by Gasteiger charge is -2.23. The molecule has 100 valence electrons. The van der Waals surface area contributed by atoms with E-state index in [0.717, 1.165) is 16.7 Å². The molecule has 3 nitrogen and oxygen atoms in total. The topological polar surface area (TPSA) is 41.8 Å². The van der Waals surface area contributed by atoms with Gasteiger partial charge in [0.1, 0.15) is 6.10 Å². The molecule has 2 atom stereocenters. The van der Waals surface area contributed by atoms with Gasteiger partial charge in [-0.15, -0.1) is 0 Å². The summed E-state index contributed by atoms with van der Waals surface area (Å²) in [6, 6.07) is 17.4. The first-order chi connectivity index (χ1) is 9.84. The van der Waals surface area contributed by atoms with Crippen molar-refractivity contribution in [2.75, 3.05) is 0 Å². The standard InChI is InChI=1S/C17H15NO2/c19-17-15-9-5-4-8-14(15)10-11-16(17)20-18-12-13-6-2-1-3-7-13/h1-12,16-17,19H/b18-12+/t16-,17+/m0/s1. The Labute approximate surface area is 117 Å². The number of hydrogen-bond donors (Lipinski definition) is 1. The summed E-state index contributed by atoms with van der Waals surface area (Å²) in [4.78, 5) is 5.39. The van der Waals surface area contributed by atoms with Crippen LogP contribution in [-0.4, -0.2) is 17.4 Å².